The van der Waals surface area contributed by atoms with E-state index < -0.39 is 0 Å². The van der Waals surface area contributed by atoms with Crippen LogP contribution in [0.15, 0.2) is 43.0 Å². The SMILES string of the molecule is C=C(CC(C)C)c1ccc(-n2c(=C)ccc2=C)cc1. The zero-order chi connectivity index (χ0) is 14.0. The van der Waals surface area contributed by atoms with Crippen LogP contribution in [-0.4, -0.2) is 4.57 Å². The predicted molar refractivity (Wildman–Crippen MR) is 84.6 cm³/mol. The van der Waals surface area contributed by atoms with Gasteiger partial charge in [0.1, 0.15) is 0 Å². The van der Waals surface area contributed by atoms with Crippen molar-refractivity contribution in [1.29, 1.82) is 0 Å². The second-order valence-electron chi connectivity index (χ2n) is 5.40. The zero-order valence-corrected chi connectivity index (χ0v) is 11.8. The van der Waals surface area contributed by atoms with Gasteiger partial charge in [-0.25, -0.2) is 0 Å². The van der Waals surface area contributed by atoms with E-state index >= 15 is 0 Å². The van der Waals surface area contributed by atoms with Crippen LogP contribution in [0.2, 0.25) is 0 Å². The van der Waals surface area contributed by atoms with Gasteiger partial charge in [-0.1, -0.05) is 45.7 Å². The lowest BCUT2D eigenvalue weighted by Crippen LogP contribution is -2.22. The van der Waals surface area contributed by atoms with Crippen molar-refractivity contribution in [2.75, 3.05) is 0 Å². The Labute approximate surface area is 115 Å². The molecular weight excluding hydrogens is 230 g/mol. The Kier molecular flexibility index (Phi) is 3.75. The molecule has 0 spiro atoms. The topological polar surface area (TPSA) is 4.93 Å². The maximum Gasteiger partial charge on any atom is 0.0461 e. The van der Waals surface area contributed by atoms with Crippen LogP contribution in [0.25, 0.3) is 24.4 Å². The van der Waals surface area contributed by atoms with Crippen molar-refractivity contribution in [3.63, 3.8) is 0 Å². The van der Waals surface area contributed by atoms with Crippen LogP contribution < -0.4 is 10.7 Å². The van der Waals surface area contributed by atoms with Crippen molar-refractivity contribution in [1.82, 2.24) is 4.57 Å². The summed E-state index contributed by atoms with van der Waals surface area (Å²) in [5.74, 6) is 0.634. The van der Waals surface area contributed by atoms with Crippen LogP contribution >= 0.6 is 0 Å². The van der Waals surface area contributed by atoms with E-state index in [1.54, 1.807) is 0 Å². The quantitative estimate of drug-likeness (QED) is 0.785. The second-order valence-corrected chi connectivity index (χ2v) is 5.40. The molecule has 0 fully saturated rings. The molecule has 1 nitrogen and oxygen atoms in total. The largest absolute Gasteiger partial charge is 0.312 e. The predicted octanol–water partition coefficient (Wildman–Crippen LogP) is 3.36. The smallest absolute Gasteiger partial charge is 0.0461 e. The molecule has 0 unspecified atom stereocenters. The summed E-state index contributed by atoms with van der Waals surface area (Å²) in [5, 5.41) is 1.91. The summed E-state index contributed by atoms with van der Waals surface area (Å²) in [5.41, 5.74) is 3.50. The van der Waals surface area contributed by atoms with Crippen LogP contribution in [0.3, 0.4) is 0 Å². The average Bonchev–Trinajstić information content (AvgIpc) is 2.68. The van der Waals surface area contributed by atoms with E-state index in [1.807, 2.05) is 12.1 Å². The Hall–Kier alpha value is -2.02. The van der Waals surface area contributed by atoms with E-state index in [0.29, 0.717) is 5.92 Å². The van der Waals surface area contributed by atoms with Gasteiger partial charge >= 0.3 is 0 Å². The number of benzene rings is 1. The van der Waals surface area contributed by atoms with Crippen molar-refractivity contribution in [3.05, 3.63) is 59.2 Å². The van der Waals surface area contributed by atoms with Crippen molar-refractivity contribution >= 4 is 18.7 Å². The normalized spacial score (nSPS) is 10.9. The fourth-order valence-corrected chi connectivity index (χ4v) is 2.31. The first-order chi connectivity index (χ1) is 8.99. The molecule has 2 aromatic rings. The summed E-state index contributed by atoms with van der Waals surface area (Å²) in [6.45, 7) is 16.6. The van der Waals surface area contributed by atoms with Gasteiger partial charge in [-0.05, 0) is 47.7 Å². The van der Waals surface area contributed by atoms with Crippen molar-refractivity contribution in [2.24, 2.45) is 5.92 Å². The lowest BCUT2D eigenvalue weighted by atomic mass is 9.98. The number of hydrogen-bond donors (Lipinski definition) is 0. The zero-order valence-electron chi connectivity index (χ0n) is 11.8. The lowest BCUT2D eigenvalue weighted by Gasteiger charge is -2.10. The maximum absolute atomic E-state index is 4.16. The Morgan fingerprint density at radius 2 is 1.53 bits per heavy atom. The van der Waals surface area contributed by atoms with Crippen LogP contribution in [0.5, 0.6) is 0 Å². The minimum absolute atomic E-state index is 0.634. The van der Waals surface area contributed by atoms with Gasteiger partial charge < -0.3 is 4.57 Å². The first kappa shape index (κ1) is 13.4. The minimum atomic E-state index is 0.634. The van der Waals surface area contributed by atoms with Gasteiger partial charge in [-0.3, -0.25) is 0 Å². The summed E-state index contributed by atoms with van der Waals surface area (Å²) in [4.78, 5) is 0. The minimum Gasteiger partial charge on any atom is -0.312 e. The van der Waals surface area contributed by atoms with E-state index in [9.17, 15) is 0 Å². The van der Waals surface area contributed by atoms with Crippen LogP contribution in [0, 0.1) is 5.92 Å². The van der Waals surface area contributed by atoms with E-state index in [4.69, 9.17) is 0 Å². The van der Waals surface area contributed by atoms with E-state index in [-0.39, 0.29) is 0 Å². The van der Waals surface area contributed by atoms with E-state index in [0.717, 1.165) is 22.8 Å². The van der Waals surface area contributed by atoms with Crippen molar-refractivity contribution in [2.45, 2.75) is 20.3 Å². The van der Waals surface area contributed by atoms with Gasteiger partial charge in [0, 0.05) is 16.4 Å². The van der Waals surface area contributed by atoms with Gasteiger partial charge in [0.05, 0.1) is 0 Å². The third kappa shape index (κ3) is 2.87. The molecule has 1 aromatic heterocycles. The van der Waals surface area contributed by atoms with Gasteiger partial charge in [0.15, 0.2) is 0 Å². The summed E-state index contributed by atoms with van der Waals surface area (Å²) in [6, 6.07) is 12.4. The third-order valence-electron chi connectivity index (χ3n) is 3.23. The highest BCUT2D eigenvalue weighted by Crippen LogP contribution is 2.21. The van der Waals surface area contributed by atoms with Crippen molar-refractivity contribution < 1.29 is 0 Å². The summed E-state index contributed by atoms with van der Waals surface area (Å²) in [6.07, 6.45) is 1.03. The fourth-order valence-electron chi connectivity index (χ4n) is 2.31. The Morgan fingerprint density at radius 3 is 2.00 bits per heavy atom. The molecule has 1 aromatic carbocycles. The van der Waals surface area contributed by atoms with Gasteiger partial charge in [-0.2, -0.15) is 0 Å². The molecule has 0 saturated carbocycles. The molecule has 0 atom stereocenters. The first-order valence-electron chi connectivity index (χ1n) is 6.63. The second kappa shape index (κ2) is 5.31. The summed E-state index contributed by atoms with van der Waals surface area (Å²) in [7, 11) is 0. The molecule has 98 valence electrons. The molecule has 0 N–H and O–H groups in total. The van der Waals surface area contributed by atoms with E-state index in [2.05, 4.69) is 62.4 Å². The molecule has 0 saturated heterocycles. The van der Waals surface area contributed by atoms with Gasteiger partial charge in [0.2, 0.25) is 0 Å². The lowest BCUT2D eigenvalue weighted by molar-refractivity contribution is 0.674. The molecule has 0 aliphatic heterocycles. The maximum atomic E-state index is 4.16. The number of aromatic nitrogens is 1. The Bertz CT molecular complexity index is 644. The highest BCUT2D eigenvalue weighted by molar-refractivity contribution is 5.64. The monoisotopic (exact) mass is 251 g/mol. The highest BCUT2D eigenvalue weighted by Gasteiger charge is 2.03. The Morgan fingerprint density at radius 1 is 1.00 bits per heavy atom. The highest BCUT2D eigenvalue weighted by atomic mass is 15.0. The number of nitrogens with zero attached hydrogens (tertiary/aromatic N) is 1. The van der Waals surface area contributed by atoms with Gasteiger partial charge in [-0.15, -0.1) is 0 Å². The summed E-state index contributed by atoms with van der Waals surface area (Å²) < 4.78 is 2.05. The molecule has 2 rings (SSSR count). The molecule has 0 amide bonds. The summed E-state index contributed by atoms with van der Waals surface area (Å²) >= 11 is 0. The van der Waals surface area contributed by atoms with Gasteiger partial charge in [0.25, 0.3) is 0 Å². The molecule has 1 heterocycles. The van der Waals surface area contributed by atoms with Crippen LogP contribution in [-0.2, 0) is 0 Å². The van der Waals surface area contributed by atoms with Crippen LogP contribution in [0.4, 0.5) is 0 Å². The van der Waals surface area contributed by atoms with Crippen LogP contribution in [0.1, 0.15) is 25.8 Å². The standard InChI is InChI=1S/C18H21N/c1-13(2)12-14(3)17-8-10-18(11-9-17)19-15(4)6-7-16(19)5/h6-11,13H,3-5,12H2,1-2H3. The Balaban J connectivity index is 2.32. The fraction of sp³-hybridized carbons (Fsp3) is 0.222. The number of allylic oxidation sites excluding steroid dienone is 1. The number of rotatable bonds is 4. The van der Waals surface area contributed by atoms with E-state index in [1.165, 1.54) is 11.1 Å². The average molecular weight is 251 g/mol. The molecule has 0 radical (unpaired) electrons. The molecular formula is C18H21N. The molecule has 19 heavy (non-hydrogen) atoms. The number of hydrogen-bond acceptors (Lipinski definition) is 0. The third-order valence-corrected chi connectivity index (χ3v) is 3.23. The molecule has 0 aliphatic rings. The molecule has 0 bridgehead atoms. The molecule has 0 aliphatic carbocycles. The molecule has 1 heteroatoms. The first-order valence-corrected chi connectivity index (χ1v) is 6.63. The van der Waals surface area contributed by atoms with Crippen molar-refractivity contribution in [3.8, 4) is 5.69 Å².